The molecule has 34 heavy (non-hydrogen) atoms. The number of nitrogens with one attached hydrogen (secondary N) is 2. The minimum atomic E-state index is -0.520. The number of aliphatic imine (C=N–C) groups is 2. The van der Waals surface area contributed by atoms with E-state index in [1.54, 1.807) is 19.4 Å². The Hall–Kier alpha value is -2.61. The van der Waals surface area contributed by atoms with Crippen LogP contribution in [0, 0.1) is 16.7 Å². The lowest BCUT2D eigenvalue weighted by Gasteiger charge is -2.30. The first kappa shape index (κ1) is 24.5. The molecule has 2 fully saturated rings. The molecule has 1 aromatic rings. The number of ether oxygens (including phenoxy) is 3. The summed E-state index contributed by atoms with van der Waals surface area (Å²) in [7, 11) is 1.73. The molecule has 3 aliphatic rings. The summed E-state index contributed by atoms with van der Waals surface area (Å²) in [5.41, 5.74) is 0.284. The Balaban J connectivity index is 1.31. The molecule has 4 rings (SSSR count). The van der Waals surface area contributed by atoms with Crippen molar-refractivity contribution in [3.8, 4) is 11.9 Å². The molecule has 10 heteroatoms. The SMILES string of the molecule is COCCNC1CCC(NC2=NCCC(c3nccc(OCC4(C#N)CCOCC4)n3)=N2)CC1. The van der Waals surface area contributed by atoms with Crippen LogP contribution >= 0.6 is 0 Å². The highest BCUT2D eigenvalue weighted by Crippen LogP contribution is 2.30. The van der Waals surface area contributed by atoms with Gasteiger partial charge < -0.3 is 24.8 Å². The maximum atomic E-state index is 9.64. The molecule has 2 aliphatic heterocycles. The van der Waals surface area contributed by atoms with Gasteiger partial charge in [0.05, 0.1) is 23.8 Å². The Kier molecular flexibility index (Phi) is 8.79. The Morgan fingerprint density at radius 1 is 1.21 bits per heavy atom. The number of aromatic nitrogens is 2. The molecule has 0 amide bonds. The van der Waals surface area contributed by atoms with Crippen molar-refractivity contribution >= 4 is 11.7 Å². The summed E-state index contributed by atoms with van der Waals surface area (Å²) in [6.07, 6.45) is 8.13. The van der Waals surface area contributed by atoms with E-state index in [4.69, 9.17) is 19.2 Å². The number of nitrogens with zero attached hydrogens (tertiary/aromatic N) is 5. The molecule has 3 heterocycles. The Morgan fingerprint density at radius 2 is 2.00 bits per heavy atom. The fourth-order valence-corrected chi connectivity index (χ4v) is 4.54. The van der Waals surface area contributed by atoms with Crippen molar-refractivity contribution in [1.82, 2.24) is 20.6 Å². The van der Waals surface area contributed by atoms with Crippen LogP contribution in [0.15, 0.2) is 22.2 Å². The van der Waals surface area contributed by atoms with Crippen molar-refractivity contribution in [3.05, 3.63) is 18.1 Å². The zero-order chi connectivity index (χ0) is 23.6. The highest BCUT2D eigenvalue weighted by Gasteiger charge is 2.34. The number of hydrogen-bond donors (Lipinski definition) is 2. The molecule has 1 saturated heterocycles. The number of guanidine groups is 1. The van der Waals surface area contributed by atoms with E-state index in [1.807, 2.05) is 0 Å². The molecule has 0 atom stereocenters. The van der Waals surface area contributed by atoms with Gasteiger partial charge in [-0.2, -0.15) is 10.2 Å². The monoisotopic (exact) mass is 469 g/mol. The summed E-state index contributed by atoms with van der Waals surface area (Å²) in [6.45, 7) is 3.77. The fraction of sp³-hybridized carbons (Fsp3) is 0.708. The standard InChI is InChI=1S/C24H35N7O3/c1-32-15-12-26-18-2-4-19(5-3-18)29-23-28-10-6-20(30-23)22-27-11-7-21(31-22)34-17-24(16-25)8-13-33-14-9-24/h7,11,18-19,26H,2-6,8-10,12-15,17H2,1H3,(H,28,29). The van der Waals surface area contributed by atoms with Gasteiger partial charge in [0.15, 0.2) is 5.82 Å². The summed E-state index contributed by atoms with van der Waals surface area (Å²) in [6, 6.07) is 5.07. The van der Waals surface area contributed by atoms with Crippen molar-refractivity contribution in [1.29, 1.82) is 5.26 Å². The smallest absolute Gasteiger partial charge is 0.218 e. The molecule has 2 N–H and O–H groups in total. The first-order chi connectivity index (χ1) is 16.7. The molecule has 0 unspecified atom stereocenters. The minimum Gasteiger partial charge on any atom is -0.476 e. The largest absolute Gasteiger partial charge is 0.476 e. The topological polar surface area (TPSA) is 126 Å². The molecule has 0 bridgehead atoms. The summed E-state index contributed by atoms with van der Waals surface area (Å²) in [5, 5.41) is 16.7. The lowest BCUT2D eigenvalue weighted by atomic mass is 9.83. The van der Waals surface area contributed by atoms with Gasteiger partial charge in [-0.25, -0.2) is 9.98 Å². The minimum absolute atomic E-state index is 0.299. The Bertz CT molecular complexity index is 900. The predicted molar refractivity (Wildman–Crippen MR) is 128 cm³/mol. The van der Waals surface area contributed by atoms with Crippen LogP contribution in [0.1, 0.15) is 50.8 Å². The summed E-state index contributed by atoms with van der Waals surface area (Å²) in [5.74, 6) is 1.68. The van der Waals surface area contributed by atoms with Gasteiger partial charge in [-0.05, 0) is 38.5 Å². The molecule has 1 aromatic heterocycles. The van der Waals surface area contributed by atoms with Crippen LogP contribution in [0.25, 0.3) is 0 Å². The maximum absolute atomic E-state index is 9.64. The van der Waals surface area contributed by atoms with Crippen LogP contribution < -0.4 is 15.4 Å². The van der Waals surface area contributed by atoms with E-state index < -0.39 is 5.41 Å². The van der Waals surface area contributed by atoms with Crippen LogP contribution in [0.5, 0.6) is 5.88 Å². The molecular weight excluding hydrogens is 434 g/mol. The zero-order valence-corrected chi connectivity index (χ0v) is 20.0. The van der Waals surface area contributed by atoms with E-state index in [1.165, 1.54) is 0 Å². The first-order valence-corrected chi connectivity index (χ1v) is 12.3. The molecule has 1 aliphatic carbocycles. The quantitative estimate of drug-likeness (QED) is 0.525. The van der Waals surface area contributed by atoms with Crippen molar-refractivity contribution in [3.63, 3.8) is 0 Å². The molecule has 184 valence electrons. The predicted octanol–water partition coefficient (Wildman–Crippen LogP) is 1.86. The van der Waals surface area contributed by atoms with Gasteiger partial charge in [0, 0.05) is 64.2 Å². The zero-order valence-electron chi connectivity index (χ0n) is 20.0. The van der Waals surface area contributed by atoms with E-state index in [0.29, 0.717) is 75.4 Å². The fourth-order valence-electron chi connectivity index (χ4n) is 4.54. The van der Waals surface area contributed by atoms with Crippen LogP contribution in [0.2, 0.25) is 0 Å². The van der Waals surface area contributed by atoms with Gasteiger partial charge in [0.2, 0.25) is 11.8 Å². The lowest BCUT2D eigenvalue weighted by molar-refractivity contribution is 0.0182. The third-order valence-electron chi connectivity index (χ3n) is 6.72. The third kappa shape index (κ3) is 6.72. The van der Waals surface area contributed by atoms with Gasteiger partial charge in [0.1, 0.15) is 6.61 Å². The second-order valence-electron chi connectivity index (χ2n) is 9.17. The summed E-state index contributed by atoms with van der Waals surface area (Å²) >= 11 is 0. The van der Waals surface area contributed by atoms with Crippen LogP contribution in [-0.4, -0.2) is 80.3 Å². The lowest BCUT2D eigenvalue weighted by Crippen LogP contribution is -2.43. The van der Waals surface area contributed by atoms with Crippen molar-refractivity contribution < 1.29 is 14.2 Å². The molecular formula is C24H35N7O3. The number of hydrogen-bond acceptors (Lipinski definition) is 10. The van der Waals surface area contributed by atoms with Gasteiger partial charge in [0.25, 0.3) is 0 Å². The number of rotatable bonds is 9. The van der Waals surface area contributed by atoms with Crippen molar-refractivity contribution in [2.75, 3.05) is 46.6 Å². The molecule has 0 radical (unpaired) electrons. The van der Waals surface area contributed by atoms with Gasteiger partial charge >= 0.3 is 0 Å². The van der Waals surface area contributed by atoms with Crippen LogP contribution in [-0.2, 0) is 9.47 Å². The average molecular weight is 470 g/mol. The van der Waals surface area contributed by atoms with Crippen LogP contribution in [0.3, 0.4) is 0 Å². The summed E-state index contributed by atoms with van der Waals surface area (Å²) < 4.78 is 16.4. The molecule has 0 spiro atoms. The number of methoxy groups -OCH3 is 1. The molecule has 0 aromatic carbocycles. The number of nitriles is 1. The maximum Gasteiger partial charge on any atom is 0.218 e. The van der Waals surface area contributed by atoms with E-state index >= 15 is 0 Å². The second-order valence-corrected chi connectivity index (χ2v) is 9.17. The van der Waals surface area contributed by atoms with Crippen LogP contribution in [0.4, 0.5) is 0 Å². The van der Waals surface area contributed by atoms with Gasteiger partial charge in [-0.1, -0.05) is 0 Å². The highest BCUT2D eigenvalue weighted by molar-refractivity contribution is 6.06. The van der Waals surface area contributed by atoms with E-state index in [9.17, 15) is 5.26 Å². The molecule has 1 saturated carbocycles. The third-order valence-corrected chi connectivity index (χ3v) is 6.72. The van der Waals surface area contributed by atoms with Crippen molar-refractivity contribution in [2.24, 2.45) is 15.4 Å². The van der Waals surface area contributed by atoms with E-state index in [2.05, 4.69) is 31.7 Å². The average Bonchev–Trinajstić information content (AvgIpc) is 2.90. The first-order valence-electron chi connectivity index (χ1n) is 12.3. The second kappa shape index (κ2) is 12.2. The molecule has 10 nitrogen and oxygen atoms in total. The van der Waals surface area contributed by atoms with Gasteiger partial charge in [-0.3, -0.25) is 4.99 Å². The van der Waals surface area contributed by atoms with Crippen molar-refractivity contribution in [2.45, 2.75) is 57.0 Å². The van der Waals surface area contributed by atoms with Gasteiger partial charge in [-0.15, -0.1) is 0 Å². The summed E-state index contributed by atoms with van der Waals surface area (Å²) in [4.78, 5) is 18.3. The highest BCUT2D eigenvalue weighted by atomic mass is 16.5. The Labute approximate surface area is 201 Å². The normalized spacial score (nSPS) is 24.5. The van der Waals surface area contributed by atoms with E-state index in [-0.39, 0.29) is 0 Å². The Morgan fingerprint density at radius 3 is 2.76 bits per heavy atom. The van der Waals surface area contributed by atoms with E-state index in [0.717, 1.165) is 44.5 Å².